The van der Waals surface area contributed by atoms with Gasteiger partial charge in [0, 0.05) is 17.7 Å². The van der Waals surface area contributed by atoms with Gasteiger partial charge in [-0.1, -0.05) is 44.2 Å². The van der Waals surface area contributed by atoms with Gasteiger partial charge in [-0.2, -0.15) is 4.98 Å². The molecule has 0 amide bonds. The molecule has 2 aromatic carbocycles. The Bertz CT molecular complexity index is 935. The van der Waals surface area contributed by atoms with Gasteiger partial charge in [-0.3, -0.25) is 0 Å². The van der Waals surface area contributed by atoms with Crippen molar-refractivity contribution in [1.82, 2.24) is 9.97 Å². The maximum Gasteiger partial charge on any atom is 0.225 e. The van der Waals surface area contributed by atoms with Gasteiger partial charge in [-0.15, -0.1) is 0 Å². The van der Waals surface area contributed by atoms with Crippen LogP contribution in [-0.4, -0.2) is 27.7 Å². The molecular weight excluding hydrogens is 362 g/mol. The summed E-state index contributed by atoms with van der Waals surface area (Å²) in [5, 5.41) is 15.5. The third-order valence-electron chi connectivity index (χ3n) is 4.30. The molecule has 7 heteroatoms. The summed E-state index contributed by atoms with van der Waals surface area (Å²) in [4.78, 5) is 8.88. The number of rotatable bonds is 7. The largest absolute Gasteiger partial charge is 0.394 e. The van der Waals surface area contributed by atoms with Gasteiger partial charge in [-0.25, -0.2) is 13.8 Å². The maximum atomic E-state index is 14.0. The van der Waals surface area contributed by atoms with Crippen LogP contribution in [0.15, 0.2) is 54.6 Å². The minimum atomic E-state index is -0.591. The lowest BCUT2D eigenvalue weighted by Crippen LogP contribution is -2.30. The quantitative estimate of drug-likeness (QED) is 0.556. The van der Waals surface area contributed by atoms with E-state index in [1.165, 1.54) is 0 Å². The SMILES string of the molecule is CC(C)[C@H](CO)Nc1nc(Nc2cc(F)ccc2F)cc(-c2ccccc2)n1. The zero-order chi connectivity index (χ0) is 20.1. The van der Waals surface area contributed by atoms with Crippen LogP contribution in [0.2, 0.25) is 0 Å². The lowest BCUT2D eigenvalue weighted by molar-refractivity contribution is 0.248. The number of hydrogen-bond acceptors (Lipinski definition) is 5. The van der Waals surface area contributed by atoms with Gasteiger partial charge in [0.15, 0.2) is 0 Å². The normalized spacial score (nSPS) is 12.1. The third-order valence-corrected chi connectivity index (χ3v) is 4.30. The van der Waals surface area contributed by atoms with E-state index in [0.717, 1.165) is 23.8 Å². The predicted octanol–water partition coefficient (Wildman–Crippen LogP) is 4.59. The van der Waals surface area contributed by atoms with Crippen molar-refractivity contribution in [3.63, 3.8) is 0 Å². The highest BCUT2D eigenvalue weighted by atomic mass is 19.1. The summed E-state index contributed by atoms with van der Waals surface area (Å²) >= 11 is 0. The van der Waals surface area contributed by atoms with Crippen LogP contribution in [0.4, 0.5) is 26.2 Å². The molecule has 146 valence electrons. The molecule has 0 unspecified atom stereocenters. The molecule has 28 heavy (non-hydrogen) atoms. The fourth-order valence-corrected chi connectivity index (χ4v) is 2.65. The number of aliphatic hydroxyl groups excluding tert-OH is 1. The molecule has 0 aliphatic heterocycles. The van der Waals surface area contributed by atoms with Gasteiger partial charge in [0.1, 0.15) is 17.5 Å². The number of benzene rings is 2. The molecule has 3 aromatic rings. The van der Waals surface area contributed by atoms with E-state index in [0.29, 0.717) is 11.5 Å². The molecule has 0 aliphatic carbocycles. The van der Waals surface area contributed by atoms with Gasteiger partial charge in [-0.05, 0) is 18.1 Å². The summed E-state index contributed by atoms with van der Waals surface area (Å²) in [7, 11) is 0. The fraction of sp³-hybridized carbons (Fsp3) is 0.238. The molecule has 0 aliphatic rings. The minimum Gasteiger partial charge on any atom is -0.394 e. The van der Waals surface area contributed by atoms with Crippen molar-refractivity contribution < 1.29 is 13.9 Å². The van der Waals surface area contributed by atoms with Gasteiger partial charge < -0.3 is 15.7 Å². The average molecular weight is 384 g/mol. The highest BCUT2D eigenvalue weighted by Gasteiger charge is 2.15. The van der Waals surface area contributed by atoms with Crippen LogP contribution in [0.5, 0.6) is 0 Å². The second kappa shape index (κ2) is 8.75. The number of nitrogens with one attached hydrogen (secondary N) is 2. The number of aromatic nitrogens is 2. The Labute approximate surface area is 162 Å². The third kappa shape index (κ3) is 4.80. The summed E-state index contributed by atoms with van der Waals surface area (Å²) in [6.07, 6.45) is 0. The standard InChI is InChI=1S/C21H22F2N4O/c1-13(2)19(12-28)26-21-25-17(14-6-4-3-5-7-14)11-20(27-21)24-18-10-15(22)8-9-16(18)23/h3-11,13,19,28H,12H2,1-2H3,(H2,24,25,26,27)/t19-/m0/s1. The molecule has 3 N–H and O–H groups in total. The Morgan fingerprint density at radius 2 is 1.75 bits per heavy atom. The Morgan fingerprint density at radius 1 is 1.00 bits per heavy atom. The lowest BCUT2D eigenvalue weighted by Gasteiger charge is -2.20. The molecule has 1 atom stereocenters. The second-order valence-corrected chi connectivity index (χ2v) is 6.75. The highest BCUT2D eigenvalue weighted by molar-refractivity contribution is 5.67. The first kappa shape index (κ1) is 19.7. The van der Waals surface area contributed by atoms with Crippen molar-refractivity contribution in [2.24, 2.45) is 5.92 Å². The van der Waals surface area contributed by atoms with Crippen LogP contribution in [-0.2, 0) is 0 Å². The summed E-state index contributed by atoms with van der Waals surface area (Å²) < 4.78 is 27.5. The van der Waals surface area contributed by atoms with Crippen LogP contribution >= 0.6 is 0 Å². The molecule has 0 bridgehead atoms. The fourth-order valence-electron chi connectivity index (χ4n) is 2.65. The number of hydrogen-bond donors (Lipinski definition) is 3. The van der Waals surface area contributed by atoms with E-state index in [1.54, 1.807) is 6.07 Å². The van der Waals surface area contributed by atoms with Crippen LogP contribution in [0.25, 0.3) is 11.3 Å². The Morgan fingerprint density at radius 3 is 2.43 bits per heavy atom. The van der Waals surface area contributed by atoms with E-state index in [9.17, 15) is 13.9 Å². The number of nitrogens with zero attached hydrogens (tertiary/aromatic N) is 2. The molecule has 0 spiro atoms. The van der Waals surface area contributed by atoms with Crippen molar-refractivity contribution in [2.75, 3.05) is 17.2 Å². The molecule has 0 saturated heterocycles. The molecule has 1 heterocycles. The molecule has 0 radical (unpaired) electrons. The van der Waals surface area contributed by atoms with Crippen LogP contribution in [0.1, 0.15) is 13.8 Å². The van der Waals surface area contributed by atoms with Crippen molar-refractivity contribution in [1.29, 1.82) is 0 Å². The molecule has 0 fully saturated rings. The first-order valence-electron chi connectivity index (χ1n) is 9.00. The van der Waals surface area contributed by atoms with Crippen LogP contribution < -0.4 is 10.6 Å². The van der Waals surface area contributed by atoms with Crippen molar-refractivity contribution >= 4 is 17.5 Å². The molecule has 3 rings (SSSR count). The summed E-state index contributed by atoms with van der Waals surface area (Å²) in [6.45, 7) is 3.85. The summed E-state index contributed by atoms with van der Waals surface area (Å²) in [5.41, 5.74) is 1.44. The molecular formula is C21H22F2N4O. The smallest absolute Gasteiger partial charge is 0.225 e. The van der Waals surface area contributed by atoms with Gasteiger partial charge in [0.25, 0.3) is 0 Å². The maximum absolute atomic E-state index is 14.0. The molecule has 5 nitrogen and oxygen atoms in total. The molecule has 0 saturated carbocycles. The van der Waals surface area contributed by atoms with E-state index in [2.05, 4.69) is 20.6 Å². The number of aliphatic hydroxyl groups is 1. The first-order valence-corrected chi connectivity index (χ1v) is 9.00. The van der Waals surface area contributed by atoms with E-state index in [4.69, 9.17) is 0 Å². The van der Waals surface area contributed by atoms with Gasteiger partial charge in [0.2, 0.25) is 5.95 Å². The Kier molecular flexibility index (Phi) is 6.16. The van der Waals surface area contributed by atoms with E-state index in [-0.39, 0.29) is 30.2 Å². The number of halogens is 2. The number of anilines is 3. The van der Waals surface area contributed by atoms with Crippen molar-refractivity contribution in [2.45, 2.75) is 19.9 Å². The first-order chi connectivity index (χ1) is 13.5. The summed E-state index contributed by atoms with van der Waals surface area (Å²) in [5.74, 6) is -0.410. The Balaban J connectivity index is 2.00. The van der Waals surface area contributed by atoms with Gasteiger partial charge >= 0.3 is 0 Å². The van der Waals surface area contributed by atoms with E-state index in [1.807, 2.05) is 44.2 Å². The van der Waals surface area contributed by atoms with E-state index >= 15 is 0 Å². The van der Waals surface area contributed by atoms with Crippen molar-refractivity contribution in [3.05, 3.63) is 66.2 Å². The zero-order valence-corrected chi connectivity index (χ0v) is 15.7. The van der Waals surface area contributed by atoms with Crippen LogP contribution in [0, 0.1) is 17.6 Å². The van der Waals surface area contributed by atoms with Gasteiger partial charge in [0.05, 0.1) is 24.0 Å². The second-order valence-electron chi connectivity index (χ2n) is 6.75. The highest BCUT2D eigenvalue weighted by Crippen LogP contribution is 2.25. The van der Waals surface area contributed by atoms with Crippen LogP contribution in [0.3, 0.4) is 0 Å². The summed E-state index contributed by atoms with van der Waals surface area (Å²) in [6, 6.07) is 14.0. The lowest BCUT2D eigenvalue weighted by atomic mass is 10.1. The minimum absolute atomic E-state index is 0.0220. The zero-order valence-electron chi connectivity index (χ0n) is 15.7. The van der Waals surface area contributed by atoms with Crippen molar-refractivity contribution in [3.8, 4) is 11.3 Å². The monoisotopic (exact) mass is 384 g/mol. The Hall–Kier alpha value is -3.06. The molecule has 1 aromatic heterocycles. The topological polar surface area (TPSA) is 70.1 Å². The average Bonchev–Trinajstić information content (AvgIpc) is 2.69. The van der Waals surface area contributed by atoms with E-state index < -0.39 is 11.6 Å². The predicted molar refractivity (Wildman–Crippen MR) is 106 cm³/mol.